The summed E-state index contributed by atoms with van der Waals surface area (Å²) >= 11 is 1.64. The van der Waals surface area contributed by atoms with Crippen LogP contribution in [0.1, 0.15) is 22.4 Å². The Hall–Kier alpha value is -1.97. The third-order valence-corrected chi connectivity index (χ3v) is 5.17. The molecule has 0 bridgehead atoms. The summed E-state index contributed by atoms with van der Waals surface area (Å²) in [6.45, 7) is 6.02. The number of nitrogens with two attached hydrogens (primary N) is 1. The molecule has 0 saturated carbocycles. The molecule has 0 aliphatic heterocycles. The Labute approximate surface area is 152 Å². The van der Waals surface area contributed by atoms with E-state index in [1.165, 1.54) is 17.0 Å². The van der Waals surface area contributed by atoms with Crippen molar-refractivity contribution in [2.45, 2.75) is 31.7 Å². The fourth-order valence-corrected chi connectivity index (χ4v) is 3.36. The summed E-state index contributed by atoms with van der Waals surface area (Å²) in [5.74, 6) is 0.733. The van der Waals surface area contributed by atoms with Crippen molar-refractivity contribution in [2.75, 3.05) is 13.1 Å². The van der Waals surface area contributed by atoms with E-state index >= 15 is 0 Å². The third-order valence-electron chi connectivity index (χ3n) is 3.34. The van der Waals surface area contributed by atoms with Crippen LogP contribution in [-0.4, -0.2) is 32.5 Å². The van der Waals surface area contributed by atoms with Crippen LogP contribution in [0.2, 0.25) is 0 Å². The van der Waals surface area contributed by atoms with Crippen molar-refractivity contribution in [3.8, 4) is 0 Å². The van der Waals surface area contributed by atoms with Gasteiger partial charge in [-0.15, -0.1) is 11.3 Å². The van der Waals surface area contributed by atoms with Gasteiger partial charge in [0.2, 0.25) is 10.0 Å². The summed E-state index contributed by atoms with van der Waals surface area (Å²) < 4.78 is 22.5. The van der Waals surface area contributed by atoms with E-state index in [4.69, 9.17) is 5.14 Å². The second-order valence-corrected chi connectivity index (χ2v) is 8.31. The topological polar surface area (TPSA) is 109 Å². The maximum Gasteiger partial charge on any atom is 0.238 e. The lowest BCUT2D eigenvalue weighted by atomic mass is 10.1. The first-order valence-electron chi connectivity index (χ1n) is 7.93. The number of guanidine groups is 1. The van der Waals surface area contributed by atoms with Gasteiger partial charge in [-0.1, -0.05) is 12.1 Å². The lowest BCUT2D eigenvalue weighted by molar-refractivity contribution is 0.598. The molecule has 2 aromatic rings. The zero-order valence-electron chi connectivity index (χ0n) is 14.3. The lowest BCUT2D eigenvalue weighted by Gasteiger charge is -2.11. The van der Waals surface area contributed by atoms with Crippen molar-refractivity contribution in [3.05, 3.63) is 45.9 Å². The zero-order chi connectivity index (χ0) is 18.3. The van der Waals surface area contributed by atoms with Crippen LogP contribution in [0.15, 0.2) is 40.4 Å². The molecule has 25 heavy (non-hydrogen) atoms. The van der Waals surface area contributed by atoms with Gasteiger partial charge in [0, 0.05) is 24.2 Å². The van der Waals surface area contributed by atoms with Gasteiger partial charge in [0.15, 0.2) is 5.96 Å². The van der Waals surface area contributed by atoms with Gasteiger partial charge in [0.1, 0.15) is 5.01 Å². The molecule has 7 nitrogen and oxygen atoms in total. The van der Waals surface area contributed by atoms with Crippen LogP contribution < -0.4 is 15.8 Å². The highest BCUT2D eigenvalue weighted by Gasteiger charge is 2.06. The normalized spacial score (nSPS) is 12.2. The second-order valence-electron chi connectivity index (χ2n) is 5.43. The van der Waals surface area contributed by atoms with Crippen molar-refractivity contribution < 1.29 is 8.42 Å². The van der Waals surface area contributed by atoms with Crippen LogP contribution in [0.3, 0.4) is 0 Å². The van der Waals surface area contributed by atoms with Crippen LogP contribution in [-0.2, 0) is 23.0 Å². The van der Waals surface area contributed by atoms with Crippen molar-refractivity contribution in [3.63, 3.8) is 0 Å². The van der Waals surface area contributed by atoms with Gasteiger partial charge in [-0.25, -0.2) is 23.5 Å². The van der Waals surface area contributed by atoms with Gasteiger partial charge < -0.3 is 10.6 Å². The van der Waals surface area contributed by atoms with Crippen molar-refractivity contribution in [2.24, 2.45) is 10.1 Å². The van der Waals surface area contributed by atoms with E-state index in [-0.39, 0.29) is 4.90 Å². The van der Waals surface area contributed by atoms with E-state index in [2.05, 4.69) is 20.6 Å². The van der Waals surface area contributed by atoms with Crippen LogP contribution in [0.4, 0.5) is 0 Å². The fourth-order valence-electron chi connectivity index (χ4n) is 2.13. The number of benzene rings is 1. The Morgan fingerprint density at radius 3 is 2.56 bits per heavy atom. The first kappa shape index (κ1) is 19.4. The molecule has 0 fully saturated rings. The number of sulfonamides is 1. The molecule has 0 aliphatic carbocycles. The van der Waals surface area contributed by atoms with Crippen LogP contribution >= 0.6 is 11.3 Å². The Morgan fingerprint density at radius 1 is 1.28 bits per heavy atom. The molecule has 0 spiro atoms. The van der Waals surface area contributed by atoms with Crippen LogP contribution in [0.25, 0.3) is 0 Å². The Balaban J connectivity index is 1.88. The molecule has 136 valence electrons. The maximum atomic E-state index is 11.2. The number of hydrogen-bond donors (Lipinski definition) is 3. The van der Waals surface area contributed by atoms with E-state index in [9.17, 15) is 8.42 Å². The standard InChI is InChI=1S/C16H23N5O2S2/c1-3-18-16(21-11-15-20-10-12(2)24-15)19-9-8-13-4-6-14(7-5-13)25(17,22)23/h4-7,10H,3,8-9,11H2,1-2H3,(H2,17,22,23)(H2,18,19,21). The number of aliphatic imine (C=N–C) groups is 1. The molecule has 1 heterocycles. The molecule has 0 radical (unpaired) electrons. The molecule has 2 rings (SSSR count). The minimum absolute atomic E-state index is 0.123. The number of thiazole rings is 1. The molecular formula is C16H23N5O2S2. The van der Waals surface area contributed by atoms with Gasteiger partial charge in [-0.2, -0.15) is 0 Å². The molecule has 0 amide bonds. The molecule has 0 aliphatic rings. The number of hydrogen-bond acceptors (Lipinski definition) is 5. The van der Waals surface area contributed by atoms with Crippen LogP contribution in [0.5, 0.6) is 0 Å². The molecule has 9 heteroatoms. The van der Waals surface area contributed by atoms with Gasteiger partial charge in [0.05, 0.1) is 11.4 Å². The molecule has 4 N–H and O–H groups in total. The van der Waals surface area contributed by atoms with Crippen molar-refractivity contribution in [1.29, 1.82) is 0 Å². The van der Waals surface area contributed by atoms with E-state index in [0.29, 0.717) is 13.1 Å². The second kappa shape index (κ2) is 8.93. The number of aromatic nitrogens is 1. The SMILES string of the molecule is CCNC(=NCc1ncc(C)s1)NCCc1ccc(S(N)(=O)=O)cc1. The number of aryl methyl sites for hydroxylation is 1. The van der Waals surface area contributed by atoms with Crippen molar-refractivity contribution >= 4 is 27.3 Å². The number of rotatable bonds is 7. The molecule has 1 aromatic carbocycles. The summed E-state index contributed by atoms with van der Waals surface area (Å²) in [4.78, 5) is 10.1. The molecule has 0 atom stereocenters. The minimum Gasteiger partial charge on any atom is -0.357 e. The van der Waals surface area contributed by atoms with E-state index in [0.717, 1.165) is 29.5 Å². The van der Waals surface area contributed by atoms with E-state index in [1.807, 2.05) is 20.0 Å². The number of nitrogens with one attached hydrogen (secondary N) is 2. The van der Waals surface area contributed by atoms with Gasteiger partial charge in [0.25, 0.3) is 0 Å². The summed E-state index contributed by atoms with van der Waals surface area (Å²) in [7, 11) is -3.64. The van der Waals surface area contributed by atoms with Gasteiger partial charge in [-0.3, -0.25) is 0 Å². The summed E-state index contributed by atoms with van der Waals surface area (Å²) in [6.07, 6.45) is 2.59. The van der Waals surface area contributed by atoms with Crippen molar-refractivity contribution in [1.82, 2.24) is 15.6 Å². The molecular weight excluding hydrogens is 358 g/mol. The Bertz CT molecular complexity index is 813. The average molecular weight is 382 g/mol. The highest BCUT2D eigenvalue weighted by Crippen LogP contribution is 2.12. The predicted octanol–water partition coefficient (Wildman–Crippen LogP) is 1.40. The first-order chi connectivity index (χ1) is 11.9. The minimum atomic E-state index is -3.64. The fraction of sp³-hybridized carbons (Fsp3) is 0.375. The average Bonchev–Trinajstić information content (AvgIpc) is 2.98. The van der Waals surface area contributed by atoms with E-state index < -0.39 is 10.0 Å². The predicted molar refractivity (Wildman–Crippen MR) is 101 cm³/mol. The maximum absolute atomic E-state index is 11.2. The highest BCUT2D eigenvalue weighted by molar-refractivity contribution is 7.89. The summed E-state index contributed by atoms with van der Waals surface area (Å²) in [5.41, 5.74) is 1.02. The first-order valence-corrected chi connectivity index (χ1v) is 10.3. The molecule has 0 unspecified atom stereocenters. The zero-order valence-corrected chi connectivity index (χ0v) is 16.0. The molecule has 1 aromatic heterocycles. The smallest absolute Gasteiger partial charge is 0.238 e. The van der Waals surface area contributed by atoms with Crippen LogP contribution in [0, 0.1) is 6.92 Å². The largest absolute Gasteiger partial charge is 0.357 e. The summed E-state index contributed by atoms with van der Waals surface area (Å²) in [6, 6.07) is 6.58. The molecule has 0 saturated heterocycles. The van der Waals surface area contributed by atoms with Gasteiger partial charge in [-0.05, 0) is 38.0 Å². The summed E-state index contributed by atoms with van der Waals surface area (Å²) in [5, 5.41) is 12.5. The Morgan fingerprint density at radius 2 is 2.00 bits per heavy atom. The third kappa shape index (κ3) is 6.45. The number of primary sulfonamides is 1. The van der Waals surface area contributed by atoms with Gasteiger partial charge >= 0.3 is 0 Å². The highest BCUT2D eigenvalue weighted by atomic mass is 32.2. The quantitative estimate of drug-likeness (QED) is 0.496. The Kier molecular flexibility index (Phi) is 6.91. The number of nitrogens with zero attached hydrogens (tertiary/aromatic N) is 2. The lowest BCUT2D eigenvalue weighted by Crippen LogP contribution is -2.38. The monoisotopic (exact) mass is 381 g/mol. The van der Waals surface area contributed by atoms with E-state index in [1.54, 1.807) is 23.5 Å².